The van der Waals surface area contributed by atoms with Crippen molar-refractivity contribution in [1.29, 1.82) is 0 Å². The van der Waals surface area contributed by atoms with E-state index < -0.39 is 5.97 Å². The van der Waals surface area contributed by atoms with Gasteiger partial charge >= 0.3 is 5.97 Å². The van der Waals surface area contributed by atoms with Gasteiger partial charge in [0.15, 0.2) is 5.16 Å². The summed E-state index contributed by atoms with van der Waals surface area (Å²) >= 11 is 1.33. The lowest BCUT2D eigenvalue weighted by Gasteiger charge is -2.21. The molecule has 3 aliphatic rings. The van der Waals surface area contributed by atoms with E-state index in [1.165, 1.54) is 50.3 Å². The highest BCUT2D eigenvalue weighted by molar-refractivity contribution is 7.99. The molecule has 6 heteroatoms. The van der Waals surface area contributed by atoms with Crippen molar-refractivity contribution >= 4 is 17.7 Å². The van der Waals surface area contributed by atoms with Gasteiger partial charge in [-0.15, -0.1) is 10.2 Å². The highest BCUT2D eigenvalue weighted by Crippen LogP contribution is 2.54. The van der Waals surface area contributed by atoms with Crippen LogP contribution in [0.2, 0.25) is 0 Å². The highest BCUT2D eigenvalue weighted by atomic mass is 32.2. The first-order chi connectivity index (χ1) is 9.74. The monoisotopic (exact) mass is 293 g/mol. The lowest BCUT2D eigenvalue weighted by molar-refractivity contribution is -0.133. The van der Waals surface area contributed by atoms with Crippen LogP contribution >= 0.6 is 11.8 Å². The Morgan fingerprint density at radius 1 is 1.20 bits per heavy atom. The van der Waals surface area contributed by atoms with Gasteiger partial charge in [-0.3, -0.25) is 4.79 Å². The summed E-state index contributed by atoms with van der Waals surface area (Å²) in [5.41, 5.74) is 0. The first-order valence-electron chi connectivity index (χ1n) is 7.53. The summed E-state index contributed by atoms with van der Waals surface area (Å²) in [4.78, 5) is 10.8. The molecule has 0 saturated heterocycles. The highest BCUT2D eigenvalue weighted by Gasteiger charge is 2.46. The van der Waals surface area contributed by atoms with E-state index in [2.05, 4.69) is 14.8 Å². The van der Waals surface area contributed by atoms with E-state index in [0.29, 0.717) is 12.0 Å². The predicted octanol–water partition coefficient (Wildman–Crippen LogP) is 2.69. The minimum absolute atomic E-state index is 0.0743. The van der Waals surface area contributed by atoms with Gasteiger partial charge in [0.2, 0.25) is 0 Å². The lowest BCUT2D eigenvalue weighted by Crippen LogP contribution is -2.17. The van der Waals surface area contributed by atoms with Crippen LogP contribution in [0, 0.1) is 11.8 Å². The van der Waals surface area contributed by atoms with Gasteiger partial charge in [-0.1, -0.05) is 11.8 Å². The lowest BCUT2D eigenvalue weighted by atomic mass is 10.1. The molecular weight excluding hydrogens is 274 g/mol. The quantitative estimate of drug-likeness (QED) is 0.783. The molecule has 0 unspecified atom stereocenters. The van der Waals surface area contributed by atoms with Gasteiger partial charge in [0, 0.05) is 12.0 Å². The van der Waals surface area contributed by atoms with Crippen LogP contribution < -0.4 is 0 Å². The Kier molecular flexibility index (Phi) is 3.02. The molecule has 0 aromatic carbocycles. The van der Waals surface area contributed by atoms with Crippen molar-refractivity contribution in [3.63, 3.8) is 0 Å². The fourth-order valence-corrected chi connectivity index (χ4v) is 3.80. The average Bonchev–Trinajstić information content (AvgIpc) is 3.24. The minimum atomic E-state index is -0.785. The Hall–Kier alpha value is -1.04. The van der Waals surface area contributed by atoms with Crippen LogP contribution in [0.3, 0.4) is 0 Å². The number of hydrogen-bond acceptors (Lipinski definition) is 4. The average molecular weight is 293 g/mol. The molecule has 4 rings (SSSR count). The SMILES string of the molecule is O=C(O)CSc1nnc(C2CC2)n1C(C1CC1)C1CC1. The topological polar surface area (TPSA) is 68.0 Å². The van der Waals surface area contributed by atoms with Gasteiger partial charge in [-0.05, 0) is 50.4 Å². The Balaban J connectivity index is 1.65. The molecule has 108 valence electrons. The Labute approximate surface area is 122 Å². The normalized spacial score (nSPS) is 22.4. The molecule has 3 aliphatic carbocycles. The van der Waals surface area contributed by atoms with Gasteiger partial charge < -0.3 is 9.67 Å². The van der Waals surface area contributed by atoms with Crippen LogP contribution in [0.4, 0.5) is 0 Å². The van der Waals surface area contributed by atoms with Crippen molar-refractivity contribution in [2.24, 2.45) is 11.8 Å². The van der Waals surface area contributed by atoms with E-state index in [9.17, 15) is 4.79 Å². The Bertz CT molecular complexity index is 521. The number of aliphatic carboxylic acids is 1. The number of thioether (sulfide) groups is 1. The number of hydrogen-bond donors (Lipinski definition) is 1. The van der Waals surface area contributed by atoms with E-state index in [4.69, 9.17) is 5.11 Å². The third-order valence-electron chi connectivity index (χ3n) is 4.47. The molecule has 3 fully saturated rings. The fraction of sp³-hybridized carbons (Fsp3) is 0.786. The molecule has 3 saturated carbocycles. The van der Waals surface area contributed by atoms with Crippen molar-refractivity contribution in [3.05, 3.63) is 5.82 Å². The van der Waals surface area contributed by atoms with Crippen LogP contribution in [-0.2, 0) is 4.79 Å². The van der Waals surface area contributed by atoms with Crippen molar-refractivity contribution < 1.29 is 9.90 Å². The summed E-state index contributed by atoms with van der Waals surface area (Å²) < 4.78 is 2.33. The van der Waals surface area contributed by atoms with E-state index in [1.807, 2.05) is 0 Å². The van der Waals surface area contributed by atoms with E-state index in [1.54, 1.807) is 0 Å². The molecule has 0 atom stereocenters. The van der Waals surface area contributed by atoms with E-state index >= 15 is 0 Å². The molecule has 0 spiro atoms. The number of carboxylic acids is 1. The van der Waals surface area contributed by atoms with Gasteiger partial charge in [-0.25, -0.2) is 0 Å². The van der Waals surface area contributed by atoms with Gasteiger partial charge in [0.1, 0.15) is 5.82 Å². The van der Waals surface area contributed by atoms with Crippen molar-refractivity contribution in [2.75, 3.05) is 5.75 Å². The van der Waals surface area contributed by atoms with Gasteiger partial charge in [0.05, 0.1) is 5.75 Å². The fourth-order valence-electron chi connectivity index (χ4n) is 3.10. The maximum absolute atomic E-state index is 10.8. The van der Waals surface area contributed by atoms with Crippen molar-refractivity contribution in [3.8, 4) is 0 Å². The molecule has 1 aromatic heterocycles. The molecule has 1 heterocycles. The van der Waals surface area contributed by atoms with Crippen molar-refractivity contribution in [1.82, 2.24) is 14.8 Å². The number of aromatic nitrogens is 3. The molecular formula is C14H19N3O2S. The molecule has 1 aromatic rings. The largest absolute Gasteiger partial charge is 0.481 e. The standard InChI is InChI=1S/C14H19N3O2S/c18-11(19)7-20-14-16-15-13(10-5-6-10)17(14)12(8-1-2-8)9-3-4-9/h8-10,12H,1-7H2,(H,18,19). The van der Waals surface area contributed by atoms with E-state index in [0.717, 1.165) is 22.8 Å². The van der Waals surface area contributed by atoms with Crippen molar-refractivity contribution in [2.45, 2.75) is 55.6 Å². The molecule has 1 N–H and O–H groups in total. The number of nitrogens with zero attached hydrogens (tertiary/aromatic N) is 3. The zero-order valence-electron chi connectivity index (χ0n) is 11.4. The molecule has 20 heavy (non-hydrogen) atoms. The summed E-state index contributed by atoms with van der Waals surface area (Å²) in [5.74, 6) is 2.54. The molecule has 0 amide bonds. The van der Waals surface area contributed by atoms with Crippen LogP contribution in [0.25, 0.3) is 0 Å². The number of carbonyl (C=O) groups is 1. The second-order valence-corrected chi connectivity index (χ2v) is 7.28. The van der Waals surface area contributed by atoms with Crippen LogP contribution in [0.1, 0.15) is 56.3 Å². The second kappa shape index (κ2) is 4.76. The molecule has 5 nitrogen and oxygen atoms in total. The molecule has 0 bridgehead atoms. The predicted molar refractivity (Wildman–Crippen MR) is 74.8 cm³/mol. The first kappa shape index (κ1) is 12.7. The second-order valence-electron chi connectivity index (χ2n) is 6.33. The van der Waals surface area contributed by atoms with Gasteiger partial charge in [0.25, 0.3) is 0 Å². The molecule has 0 radical (unpaired) electrons. The summed E-state index contributed by atoms with van der Waals surface area (Å²) in [5, 5.41) is 18.4. The van der Waals surface area contributed by atoms with Gasteiger partial charge in [-0.2, -0.15) is 0 Å². The Morgan fingerprint density at radius 2 is 1.85 bits per heavy atom. The minimum Gasteiger partial charge on any atom is -0.481 e. The van der Waals surface area contributed by atoms with Crippen LogP contribution in [0.15, 0.2) is 5.16 Å². The maximum Gasteiger partial charge on any atom is 0.313 e. The van der Waals surface area contributed by atoms with Crippen LogP contribution in [-0.4, -0.2) is 31.6 Å². The zero-order chi connectivity index (χ0) is 13.7. The first-order valence-corrected chi connectivity index (χ1v) is 8.52. The summed E-state index contributed by atoms with van der Waals surface area (Å²) in [6, 6.07) is 0.539. The third kappa shape index (κ3) is 2.45. The van der Waals surface area contributed by atoms with E-state index in [-0.39, 0.29) is 5.75 Å². The summed E-state index contributed by atoms with van der Waals surface area (Å²) in [7, 11) is 0. The van der Waals surface area contributed by atoms with Crippen LogP contribution in [0.5, 0.6) is 0 Å². The number of rotatable bonds is 7. The Morgan fingerprint density at radius 3 is 2.35 bits per heavy atom. The zero-order valence-corrected chi connectivity index (χ0v) is 12.2. The summed E-state index contributed by atoms with van der Waals surface area (Å²) in [6.45, 7) is 0. The smallest absolute Gasteiger partial charge is 0.313 e. The maximum atomic E-state index is 10.8. The summed E-state index contributed by atoms with van der Waals surface area (Å²) in [6.07, 6.45) is 7.67. The molecule has 0 aliphatic heterocycles. The third-order valence-corrected chi connectivity index (χ3v) is 5.39. The number of carboxylic acid groups (broad SMARTS) is 1.